The summed E-state index contributed by atoms with van der Waals surface area (Å²) in [5.74, 6) is 0.475. The Morgan fingerprint density at radius 1 is 1.10 bits per heavy atom. The van der Waals surface area contributed by atoms with Crippen molar-refractivity contribution in [3.05, 3.63) is 48.3 Å². The summed E-state index contributed by atoms with van der Waals surface area (Å²) in [5, 5.41) is 0.584. The fourth-order valence-corrected chi connectivity index (χ4v) is 4.00. The van der Waals surface area contributed by atoms with E-state index in [1.54, 1.807) is 42.7 Å². The first-order chi connectivity index (χ1) is 9.62. The second-order valence-electron chi connectivity index (χ2n) is 4.05. The summed E-state index contributed by atoms with van der Waals surface area (Å²) in [6, 6.07) is 8.39. The molecule has 0 bridgehead atoms. The molecule has 0 atom stereocenters. The van der Waals surface area contributed by atoms with Crippen LogP contribution in [0.5, 0.6) is 0 Å². The molecule has 7 heteroatoms. The second kappa shape index (κ2) is 6.83. The number of benzene rings is 1. The summed E-state index contributed by atoms with van der Waals surface area (Å²) in [5.41, 5.74) is 6.40. The molecular weight excluding hydrogens is 294 g/mol. The maximum Gasteiger partial charge on any atom is 0.187 e. The molecule has 0 aliphatic rings. The van der Waals surface area contributed by atoms with Crippen LogP contribution in [0.4, 0.5) is 0 Å². The van der Waals surface area contributed by atoms with Gasteiger partial charge < -0.3 is 5.73 Å². The van der Waals surface area contributed by atoms with Gasteiger partial charge in [0.25, 0.3) is 0 Å². The topological polar surface area (TPSA) is 85.9 Å². The Labute approximate surface area is 122 Å². The third kappa shape index (κ3) is 4.03. The lowest BCUT2D eigenvalue weighted by Gasteiger charge is -2.05. The average molecular weight is 309 g/mol. The molecule has 0 unspecified atom stereocenters. The van der Waals surface area contributed by atoms with E-state index in [1.165, 1.54) is 11.8 Å². The number of thioether (sulfide) groups is 1. The van der Waals surface area contributed by atoms with Crippen LogP contribution in [0.15, 0.2) is 52.8 Å². The first-order valence-corrected chi connectivity index (χ1v) is 8.67. The molecule has 0 saturated carbocycles. The average Bonchev–Trinajstić information content (AvgIpc) is 2.48. The summed E-state index contributed by atoms with van der Waals surface area (Å²) in [4.78, 5) is 8.40. The lowest BCUT2D eigenvalue weighted by Crippen LogP contribution is -2.09. The van der Waals surface area contributed by atoms with Gasteiger partial charge in [-0.2, -0.15) is 0 Å². The zero-order chi connectivity index (χ0) is 14.4. The SMILES string of the molecule is NCc1ccc(S(=O)(=O)CCSc2ncccn2)cc1. The number of sulfone groups is 1. The van der Waals surface area contributed by atoms with Gasteiger partial charge in [0, 0.05) is 24.7 Å². The molecule has 5 nitrogen and oxygen atoms in total. The van der Waals surface area contributed by atoms with E-state index in [-0.39, 0.29) is 5.75 Å². The molecule has 0 fully saturated rings. The van der Waals surface area contributed by atoms with Crippen molar-refractivity contribution in [2.24, 2.45) is 5.73 Å². The van der Waals surface area contributed by atoms with Crippen LogP contribution in [0.25, 0.3) is 0 Å². The number of rotatable bonds is 6. The molecule has 2 aromatic rings. The van der Waals surface area contributed by atoms with Gasteiger partial charge in [-0.1, -0.05) is 23.9 Å². The predicted molar refractivity (Wildman–Crippen MR) is 79.1 cm³/mol. The smallest absolute Gasteiger partial charge is 0.187 e. The molecule has 0 spiro atoms. The Bertz CT molecular complexity index is 643. The summed E-state index contributed by atoms with van der Waals surface area (Å²) in [6.07, 6.45) is 3.27. The third-order valence-corrected chi connectivity index (χ3v) is 5.51. The van der Waals surface area contributed by atoms with Crippen molar-refractivity contribution in [3.63, 3.8) is 0 Å². The van der Waals surface area contributed by atoms with Crippen molar-refractivity contribution in [1.82, 2.24) is 9.97 Å². The number of nitrogens with zero attached hydrogens (tertiary/aromatic N) is 2. The molecule has 1 heterocycles. The van der Waals surface area contributed by atoms with E-state index in [0.717, 1.165) is 5.56 Å². The highest BCUT2D eigenvalue weighted by Crippen LogP contribution is 2.16. The fourth-order valence-electron chi connectivity index (χ4n) is 1.55. The van der Waals surface area contributed by atoms with E-state index in [0.29, 0.717) is 22.3 Å². The quantitative estimate of drug-likeness (QED) is 0.643. The van der Waals surface area contributed by atoms with Crippen LogP contribution in [0, 0.1) is 0 Å². The molecule has 0 radical (unpaired) electrons. The number of aromatic nitrogens is 2. The van der Waals surface area contributed by atoms with Crippen molar-refractivity contribution in [3.8, 4) is 0 Å². The van der Waals surface area contributed by atoms with Crippen molar-refractivity contribution >= 4 is 21.6 Å². The van der Waals surface area contributed by atoms with Crippen LogP contribution in [0.1, 0.15) is 5.56 Å². The molecule has 106 valence electrons. The molecule has 0 aliphatic heterocycles. The number of hydrogen-bond donors (Lipinski definition) is 1. The Morgan fingerprint density at radius 2 is 1.75 bits per heavy atom. The van der Waals surface area contributed by atoms with Crippen molar-refractivity contribution in [2.75, 3.05) is 11.5 Å². The zero-order valence-corrected chi connectivity index (χ0v) is 12.4. The van der Waals surface area contributed by atoms with Crippen LogP contribution in [0.3, 0.4) is 0 Å². The Balaban J connectivity index is 1.96. The standard InChI is InChI=1S/C13H15N3O2S2/c14-10-11-2-4-12(5-3-11)20(17,18)9-8-19-13-15-6-1-7-16-13/h1-7H,8-10,14H2. The van der Waals surface area contributed by atoms with Gasteiger partial charge in [0.15, 0.2) is 15.0 Å². The molecule has 20 heavy (non-hydrogen) atoms. The largest absolute Gasteiger partial charge is 0.326 e. The Hall–Kier alpha value is -1.44. The van der Waals surface area contributed by atoms with Crippen LogP contribution in [0.2, 0.25) is 0 Å². The lowest BCUT2D eigenvalue weighted by molar-refractivity contribution is 0.597. The molecule has 1 aromatic heterocycles. The van der Waals surface area contributed by atoms with Gasteiger partial charge >= 0.3 is 0 Å². The fraction of sp³-hybridized carbons (Fsp3) is 0.231. The second-order valence-corrected chi connectivity index (χ2v) is 7.22. The van der Waals surface area contributed by atoms with E-state index in [9.17, 15) is 8.42 Å². The van der Waals surface area contributed by atoms with Crippen LogP contribution in [-0.4, -0.2) is 29.9 Å². The first kappa shape index (κ1) is 15.0. The monoisotopic (exact) mass is 309 g/mol. The maximum absolute atomic E-state index is 12.1. The highest BCUT2D eigenvalue weighted by molar-refractivity contribution is 8.00. The molecule has 0 saturated heterocycles. The Morgan fingerprint density at radius 3 is 2.35 bits per heavy atom. The van der Waals surface area contributed by atoms with Crippen LogP contribution < -0.4 is 5.73 Å². The maximum atomic E-state index is 12.1. The minimum absolute atomic E-state index is 0.0535. The number of hydrogen-bond acceptors (Lipinski definition) is 6. The minimum atomic E-state index is -3.27. The van der Waals surface area contributed by atoms with E-state index in [2.05, 4.69) is 9.97 Å². The molecular formula is C13H15N3O2S2. The highest BCUT2D eigenvalue weighted by Gasteiger charge is 2.14. The van der Waals surface area contributed by atoms with Crippen molar-refractivity contribution < 1.29 is 8.42 Å². The number of nitrogens with two attached hydrogens (primary N) is 1. The normalized spacial score (nSPS) is 11.4. The zero-order valence-electron chi connectivity index (χ0n) is 10.8. The van der Waals surface area contributed by atoms with Gasteiger partial charge in [-0.05, 0) is 23.8 Å². The summed E-state index contributed by atoms with van der Waals surface area (Å²) < 4.78 is 24.3. The minimum Gasteiger partial charge on any atom is -0.326 e. The van der Waals surface area contributed by atoms with Gasteiger partial charge in [-0.15, -0.1) is 0 Å². The third-order valence-electron chi connectivity index (χ3n) is 2.64. The summed E-state index contributed by atoms with van der Waals surface area (Å²) >= 11 is 1.33. The summed E-state index contributed by atoms with van der Waals surface area (Å²) in [6.45, 7) is 0.404. The molecule has 1 aromatic carbocycles. The molecule has 0 aliphatic carbocycles. The van der Waals surface area contributed by atoms with Gasteiger partial charge in [-0.25, -0.2) is 18.4 Å². The van der Waals surface area contributed by atoms with E-state index < -0.39 is 9.84 Å². The molecule has 2 N–H and O–H groups in total. The lowest BCUT2D eigenvalue weighted by atomic mass is 10.2. The van der Waals surface area contributed by atoms with Gasteiger partial charge in [0.1, 0.15) is 0 Å². The van der Waals surface area contributed by atoms with Crippen LogP contribution in [-0.2, 0) is 16.4 Å². The van der Waals surface area contributed by atoms with Crippen molar-refractivity contribution in [1.29, 1.82) is 0 Å². The van der Waals surface area contributed by atoms with Crippen LogP contribution >= 0.6 is 11.8 Å². The van der Waals surface area contributed by atoms with Gasteiger partial charge in [-0.3, -0.25) is 0 Å². The molecule has 0 amide bonds. The highest BCUT2D eigenvalue weighted by atomic mass is 32.2. The van der Waals surface area contributed by atoms with E-state index in [4.69, 9.17) is 5.73 Å². The first-order valence-electron chi connectivity index (χ1n) is 6.03. The van der Waals surface area contributed by atoms with E-state index in [1.807, 2.05) is 0 Å². The Kier molecular flexibility index (Phi) is 5.11. The summed E-state index contributed by atoms with van der Waals surface area (Å²) in [7, 11) is -3.27. The van der Waals surface area contributed by atoms with Crippen molar-refractivity contribution in [2.45, 2.75) is 16.6 Å². The van der Waals surface area contributed by atoms with Gasteiger partial charge in [0.05, 0.1) is 10.6 Å². The molecule has 2 rings (SSSR count). The predicted octanol–water partition coefficient (Wildman–Crippen LogP) is 1.50. The van der Waals surface area contributed by atoms with Gasteiger partial charge in [0.2, 0.25) is 0 Å². The van der Waals surface area contributed by atoms with E-state index >= 15 is 0 Å².